The minimum Gasteiger partial charge on any atom is -0.490 e. The van der Waals surface area contributed by atoms with E-state index in [4.69, 9.17) is 9.47 Å². The molecule has 1 N–H and O–H groups in total. The fourth-order valence-corrected chi connectivity index (χ4v) is 4.57. The Bertz CT molecular complexity index is 1120. The third-order valence-corrected chi connectivity index (χ3v) is 6.13. The van der Waals surface area contributed by atoms with Crippen molar-refractivity contribution in [1.29, 1.82) is 0 Å². The van der Waals surface area contributed by atoms with Crippen LogP contribution in [-0.2, 0) is 17.6 Å². The maximum atomic E-state index is 12.4. The van der Waals surface area contributed by atoms with Gasteiger partial charge in [-0.3, -0.25) is 10.1 Å². The first kappa shape index (κ1) is 22.1. The fourth-order valence-electron chi connectivity index (χ4n) is 3.85. The van der Waals surface area contributed by atoms with Gasteiger partial charge in [-0.1, -0.05) is 18.2 Å². The van der Waals surface area contributed by atoms with Crippen LogP contribution >= 0.6 is 11.3 Å². The summed E-state index contributed by atoms with van der Waals surface area (Å²) in [7, 11) is 0. The largest absolute Gasteiger partial charge is 0.490 e. The van der Waals surface area contributed by atoms with Crippen LogP contribution in [0.1, 0.15) is 43.4 Å². The number of benzene rings is 2. The topological polar surface area (TPSA) is 60.5 Å². The third kappa shape index (κ3) is 5.37. The number of hydrogen-bond acceptors (Lipinski definition) is 5. The highest BCUT2D eigenvalue weighted by atomic mass is 32.1. The molecular weight excluding hydrogens is 420 g/mol. The average molecular weight is 449 g/mol. The van der Waals surface area contributed by atoms with Gasteiger partial charge in [0.15, 0.2) is 16.6 Å². The predicted molar refractivity (Wildman–Crippen MR) is 131 cm³/mol. The van der Waals surface area contributed by atoms with E-state index >= 15 is 0 Å². The molecular formula is C26H28N2O3S. The Morgan fingerprint density at radius 2 is 1.81 bits per heavy atom. The first-order chi connectivity index (χ1) is 15.7. The fraction of sp³-hybridized carbons (Fsp3) is 0.308. The number of thiazole rings is 1. The van der Waals surface area contributed by atoms with Gasteiger partial charge in [0, 0.05) is 17.0 Å². The van der Waals surface area contributed by atoms with E-state index in [0.717, 1.165) is 23.2 Å². The van der Waals surface area contributed by atoms with Crippen LogP contribution in [0, 0.1) is 0 Å². The van der Waals surface area contributed by atoms with Crippen LogP contribution in [0.5, 0.6) is 11.5 Å². The van der Waals surface area contributed by atoms with Gasteiger partial charge < -0.3 is 9.47 Å². The number of amides is 1. The minimum atomic E-state index is -0.219. The molecule has 0 unspecified atom stereocenters. The lowest BCUT2D eigenvalue weighted by molar-refractivity contribution is -0.111. The van der Waals surface area contributed by atoms with Gasteiger partial charge in [0.2, 0.25) is 5.91 Å². The standard InChI is InChI=1S/C26H28N2O3S/c1-3-30-23-13-9-18(15-24(23)31-4-2)10-14-25(29)28-26-27-22(17-32-26)21-12-11-19-7-5-6-8-20(19)16-21/h9-17H,3-8H2,1-2H3,(H,27,28,29)/b14-10+. The number of rotatable bonds is 8. The van der Waals surface area contributed by atoms with Gasteiger partial charge in [0.25, 0.3) is 0 Å². The molecule has 0 aliphatic heterocycles. The molecule has 1 heterocycles. The maximum absolute atomic E-state index is 12.4. The number of nitrogens with zero attached hydrogens (tertiary/aromatic N) is 1. The molecule has 0 saturated carbocycles. The summed E-state index contributed by atoms with van der Waals surface area (Å²) in [6.45, 7) is 4.98. The zero-order valence-electron chi connectivity index (χ0n) is 18.5. The summed E-state index contributed by atoms with van der Waals surface area (Å²) in [4.78, 5) is 17.0. The Morgan fingerprint density at radius 1 is 1.03 bits per heavy atom. The lowest BCUT2D eigenvalue weighted by Gasteiger charge is -2.16. The summed E-state index contributed by atoms with van der Waals surface area (Å²) in [5, 5.41) is 5.44. The number of carbonyl (C=O) groups is 1. The van der Waals surface area contributed by atoms with Crippen LogP contribution in [0.25, 0.3) is 17.3 Å². The summed E-state index contributed by atoms with van der Waals surface area (Å²) in [5.41, 5.74) is 5.75. The monoisotopic (exact) mass is 448 g/mol. The SMILES string of the molecule is CCOc1ccc(/C=C/C(=O)Nc2nc(-c3ccc4c(c3)CCCC4)cs2)cc1OCC. The Labute approximate surface area is 193 Å². The summed E-state index contributed by atoms with van der Waals surface area (Å²) < 4.78 is 11.2. The number of fused-ring (bicyclic) bond motifs is 1. The van der Waals surface area contributed by atoms with Gasteiger partial charge in [-0.15, -0.1) is 11.3 Å². The first-order valence-corrected chi connectivity index (χ1v) is 12.0. The van der Waals surface area contributed by atoms with Gasteiger partial charge in [0.1, 0.15) is 0 Å². The van der Waals surface area contributed by atoms with E-state index in [1.165, 1.54) is 47.8 Å². The van der Waals surface area contributed by atoms with E-state index in [-0.39, 0.29) is 5.91 Å². The molecule has 0 bridgehead atoms. The van der Waals surface area contributed by atoms with E-state index in [1.54, 1.807) is 6.08 Å². The highest BCUT2D eigenvalue weighted by molar-refractivity contribution is 7.14. The van der Waals surface area contributed by atoms with Gasteiger partial charge in [-0.25, -0.2) is 4.98 Å². The predicted octanol–water partition coefficient (Wildman–Crippen LogP) is 6.14. The molecule has 1 amide bonds. The van der Waals surface area contributed by atoms with Crippen molar-refractivity contribution in [2.45, 2.75) is 39.5 Å². The maximum Gasteiger partial charge on any atom is 0.250 e. The molecule has 5 nitrogen and oxygen atoms in total. The number of hydrogen-bond donors (Lipinski definition) is 1. The zero-order chi connectivity index (χ0) is 22.3. The van der Waals surface area contributed by atoms with Crippen LogP contribution in [0.2, 0.25) is 0 Å². The summed E-state index contributed by atoms with van der Waals surface area (Å²) in [5.74, 6) is 1.16. The van der Waals surface area contributed by atoms with Gasteiger partial charge >= 0.3 is 0 Å². The Morgan fingerprint density at radius 3 is 2.62 bits per heavy atom. The summed E-state index contributed by atoms with van der Waals surface area (Å²) >= 11 is 1.43. The van der Waals surface area contributed by atoms with E-state index in [0.29, 0.717) is 29.8 Å². The molecule has 2 aromatic carbocycles. The molecule has 1 aliphatic carbocycles. The van der Waals surface area contributed by atoms with Crippen LogP contribution in [-0.4, -0.2) is 24.1 Å². The lowest BCUT2D eigenvalue weighted by Crippen LogP contribution is -2.07. The number of ether oxygens (including phenoxy) is 2. The van der Waals surface area contributed by atoms with Crippen molar-refractivity contribution >= 4 is 28.5 Å². The van der Waals surface area contributed by atoms with Gasteiger partial charge in [-0.05, 0) is 80.5 Å². The number of aromatic nitrogens is 1. The highest BCUT2D eigenvalue weighted by Gasteiger charge is 2.12. The quantitative estimate of drug-likeness (QED) is 0.421. The van der Waals surface area contributed by atoms with Crippen molar-refractivity contribution in [3.8, 4) is 22.8 Å². The molecule has 0 atom stereocenters. The van der Waals surface area contributed by atoms with Crippen molar-refractivity contribution < 1.29 is 14.3 Å². The normalized spacial score (nSPS) is 13.1. The van der Waals surface area contributed by atoms with E-state index in [1.807, 2.05) is 37.4 Å². The smallest absolute Gasteiger partial charge is 0.250 e. The lowest BCUT2D eigenvalue weighted by atomic mass is 9.90. The Balaban J connectivity index is 1.41. The number of carbonyl (C=O) groups excluding carboxylic acids is 1. The average Bonchev–Trinajstić information content (AvgIpc) is 3.27. The van der Waals surface area contributed by atoms with E-state index < -0.39 is 0 Å². The molecule has 3 aromatic rings. The van der Waals surface area contributed by atoms with Crippen LogP contribution in [0.3, 0.4) is 0 Å². The molecule has 32 heavy (non-hydrogen) atoms. The van der Waals surface area contributed by atoms with Crippen molar-refractivity contribution in [1.82, 2.24) is 4.98 Å². The Kier molecular flexibility index (Phi) is 7.22. The van der Waals surface area contributed by atoms with Crippen LogP contribution in [0.15, 0.2) is 47.9 Å². The van der Waals surface area contributed by atoms with Crippen LogP contribution in [0.4, 0.5) is 5.13 Å². The number of aryl methyl sites for hydroxylation is 2. The molecule has 0 fully saturated rings. The summed E-state index contributed by atoms with van der Waals surface area (Å²) in [6.07, 6.45) is 8.09. The van der Waals surface area contributed by atoms with Gasteiger partial charge in [-0.2, -0.15) is 0 Å². The molecule has 0 spiro atoms. The van der Waals surface area contributed by atoms with Crippen molar-refractivity contribution in [2.24, 2.45) is 0 Å². The summed E-state index contributed by atoms with van der Waals surface area (Å²) in [6, 6.07) is 12.2. The molecule has 166 valence electrons. The van der Waals surface area contributed by atoms with Crippen molar-refractivity contribution in [3.05, 3.63) is 64.5 Å². The van der Waals surface area contributed by atoms with E-state index in [2.05, 4.69) is 28.5 Å². The molecule has 0 saturated heterocycles. The molecule has 0 radical (unpaired) electrons. The highest BCUT2D eigenvalue weighted by Crippen LogP contribution is 2.30. The minimum absolute atomic E-state index is 0.219. The second-order valence-corrected chi connectivity index (χ2v) is 8.48. The second-order valence-electron chi connectivity index (χ2n) is 7.62. The third-order valence-electron chi connectivity index (χ3n) is 5.37. The van der Waals surface area contributed by atoms with Crippen molar-refractivity contribution in [3.63, 3.8) is 0 Å². The number of anilines is 1. The van der Waals surface area contributed by atoms with Crippen molar-refractivity contribution in [2.75, 3.05) is 18.5 Å². The molecule has 6 heteroatoms. The molecule has 4 rings (SSSR count). The number of nitrogens with one attached hydrogen (secondary N) is 1. The Hall–Kier alpha value is -3.12. The molecule has 1 aliphatic rings. The van der Waals surface area contributed by atoms with E-state index in [9.17, 15) is 4.79 Å². The molecule has 1 aromatic heterocycles. The van der Waals surface area contributed by atoms with Gasteiger partial charge in [0.05, 0.1) is 18.9 Å². The van der Waals surface area contributed by atoms with Crippen LogP contribution < -0.4 is 14.8 Å². The first-order valence-electron chi connectivity index (χ1n) is 11.1. The second kappa shape index (κ2) is 10.5. The zero-order valence-corrected chi connectivity index (χ0v) is 19.3.